The fraction of sp³-hybridized carbons (Fsp3) is 0.417. The number of benzene rings is 1. The molecule has 0 amide bonds. The average Bonchev–Trinajstić information content (AvgIpc) is 3.44. The Morgan fingerprint density at radius 3 is 2.74 bits per heavy atom. The van der Waals surface area contributed by atoms with Crippen molar-refractivity contribution in [1.29, 1.82) is 0 Å². The first-order chi connectivity index (χ1) is 14.7. The molecule has 1 atom stereocenters. The van der Waals surface area contributed by atoms with Crippen LogP contribution >= 0.6 is 24.0 Å². The van der Waals surface area contributed by atoms with E-state index in [0.29, 0.717) is 18.5 Å². The molecule has 0 saturated carbocycles. The van der Waals surface area contributed by atoms with E-state index in [9.17, 15) is 0 Å². The van der Waals surface area contributed by atoms with Gasteiger partial charge < -0.3 is 19.6 Å². The second-order valence-electron chi connectivity index (χ2n) is 8.15. The number of halogens is 1. The lowest BCUT2D eigenvalue weighted by molar-refractivity contribution is 0.376. The molecule has 1 aromatic carbocycles. The van der Waals surface area contributed by atoms with Gasteiger partial charge in [0.25, 0.3) is 0 Å². The van der Waals surface area contributed by atoms with Crippen LogP contribution in [0.1, 0.15) is 54.5 Å². The van der Waals surface area contributed by atoms with Crippen molar-refractivity contribution in [3.63, 3.8) is 0 Å². The number of nitrogens with zero attached hydrogens (tertiary/aromatic N) is 2. The first kappa shape index (κ1) is 23.4. The predicted octanol–water partition coefficient (Wildman–Crippen LogP) is 4.84. The van der Waals surface area contributed by atoms with Gasteiger partial charge in [-0.2, -0.15) is 0 Å². The average molecular weight is 534 g/mol. The minimum Gasteiger partial charge on any atom is -0.469 e. The summed E-state index contributed by atoms with van der Waals surface area (Å²) in [5.41, 5.74) is 3.85. The molecule has 3 aromatic rings. The fourth-order valence-electron chi connectivity index (χ4n) is 3.76. The number of aliphatic imine (C=N–C) groups is 1. The second kappa shape index (κ2) is 11.4. The summed E-state index contributed by atoms with van der Waals surface area (Å²) < 4.78 is 10.9. The van der Waals surface area contributed by atoms with E-state index in [1.807, 2.05) is 18.2 Å². The standard InChI is InChI=1S/C24H30N4O2.HI/c1-17(2)23-15-22(30-28-23)16-26-24(25-12-11-21-8-5-13-29-21)27-20-10-9-18-6-3-4-7-19(18)14-20;/h3-8,13,15,17,20H,9-12,14,16H2,1-2H3,(H2,25,26,27);1H. The normalized spacial score (nSPS) is 16.0. The topological polar surface area (TPSA) is 75.6 Å². The Morgan fingerprint density at radius 1 is 1.16 bits per heavy atom. The van der Waals surface area contributed by atoms with Crippen molar-refractivity contribution in [1.82, 2.24) is 15.8 Å². The van der Waals surface area contributed by atoms with Gasteiger partial charge in [0.15, 0.2) is 11.7 Å². The number of hydrogen-bond donors (Lipinski definition) is 2. The highest BCUT2D eigenvalue weighted by Crippen LogP contribution is 2.21. The zero-order valence-electron chi connectivity index (χ0n) is 18.1. The Bertz CT molecular complexity index is 966. The van der Waals surface area contributed by atoms with E-state index in [1.54, 1.807) is 6.26 Å². The van der Waals surface area contributed by atoms with Crippen molar-refractivity contribution >= 4 is 29.9 Å². The van der Waals surface area contributed by atoms with Crippen LogP contribution in [0.2, 0.25) is 0 Å². The van der Waals surface area contributed by atoms with Crippen LogP contribution in [0.5, 0.6) is 0 Å². The van der Waals surface area contributed by atoms with Crippen LogP contribution in [-0.2, 0) is 25.8 Å². The van der Waals surface area contributed by atoms with Gasteiger partial charge in [-0.15, -0.1) is 24.0 Å². The summed E-state index contributed by atoms with van der Waals surface area (Å²) in [7, 11) is 0. The summed E-state index contributed by atoms with van der Waals surface area (Å²) >= 11 is 0. The van der Waals surface area contributed by atoms with Crippen molar-refractivity contribution < 1.29 is 8.94 Å². The number of guanidine groups is 1. The summed E-state index contributed by atoms with van der Waals surface area (Å²) in [5, 5.41) is 11.2. The molecule has 4 rings (SSSR count). The summed E-state index contributed by atoms with van der Waals surface area (Å²) in [5.74, 6) is 2.89. The summed E-state index contributed by atoms with van der Waals surface area (Å²) in [6, 6.07) is 15.0. The quantitative estimate of drug-likeness (QED) is 0.258. The predicted molar refractivity (Wildman–Crippen MR) is 133 cm³/mol. The van der Waals surface area contributed by atoms with Gasteiger partial charge in [0, 0.05) is 25.1 Å². The molecule has 1 aliphatic carbocycles. The van der Waals surface area contributed by atoms with E-state index in [2.05, 4.69) is 53.9 Å². The smallest absolute Gasteiger partial charge is 0.191 e. The van der Waals surface area contributed by atoms with Crippen LogP contribution in [0, 0.1) is 0 Å². The molecule has 2 aromatic heterocycles. The van der Waals surface area contributed by atoms with Gasteiger partial charge in [-0.25, -0.2) is 4.99 Å². The monoisotopic (exact) mass is 534 g/mol. The number of hydrogen-bond acceptors (Lipinski definition) is 4. The minimum absolute atomic E-state index is 0. The van der Waals surface area contributed by atoms with Gasteiger partial charge in [-0.3, -0.25) is 0 Å². The molecule has 0 bridgehead atoms. The molecule has 2 heterocycles. The van der Waals surface area contributed by atoms with E-state index in [-0.39, 0.29) is 24.0 Å². The first-order valence-electron chi connectivity index (χ1n) is 10.8. The van der Waals surface area contributed by atoms with Crippen molar-refractivity contribution in [3.8, 4) is 0 Å². The Balaban J connectivity index is 0.00000272. The van der Waals surface area contributed by atoms with Crippen LogP contribution in [0.4, 0.5) is 0 Å². The molecule has 0 spiro atoms. The Labute approximate surface area is 200 Å². The van der Waals surface area contributed by atoms with Crippen molar-refractivity contribution in [2.75, 3.05) is 6.54 Å². The van der Waals surface area contributed by atoms with E-state index >= 15 is 0 Å². The van der Waals surface area contributed by atoms with Crippen LogP contribution in [0.3, 0.4) is 0 Å². The third-order valence-corrected chi connectivity index (χ3v) is 5.49. The third-order valence-electron chi connectivity index (χ3n) is 5.49. The Hall–Kier alpha value is -2.29. The molecule has 6 nitrogen and oxygen atoms in total. The van der Waals surface area contributed by atoms with Crippen LogP contribution in [-0.4, -0.2) is 23.7 Å². The van der Waals surface area contributed by atoms with Crippen molar-refractivity contribution in [2.24, 2.45) is 4.99 Å². The second-order valence-corrected chi connectivity index (χ2v) is 8.15. The highest BCUT2D eigenvalue weighted by atomic mass is 127. The first-order valence-corrected chi connectivity index (χ1v) is 10.8. The summed E-state index contributed by atoms with van der Waals surface area (Å²) in [6.07, 6.45) is 5.71. The number of rotatable bonds is 7. The molecule has 31 heavy (non-hydrogen) atoms. The molecule has 0 aliphatic heterocycles. The molecule has 7 heteroatoms. The van der Waals surface area contributed by atoms with Gasteiger partial charge in [0.05, 0.1) is 12.0 Å². The Kier molecular flexibility index (Phi) is 8.57. The number of nitrogens with one attached hydrogen (secondary N) is 2. The molecular formula is C24H31IN4O2. The summed E-state index contributed by atoms with van der Waals surface area (Å²) in [6.45, 7) is 5.42. The van der Waals surface area contributed by atoms with Gasteiger partial charge in [-0.1, -0.05) is 43.3 Å². The van der Waals surface area contributed by atoms with Crippen LogP contribution < -0.4 is 10.6 Å². The third kappa shape index (κ3) is 6.59. The molecular weight excluding hydrogens is 503 g/mol. The zero-order valence-corrected chi connectivity index (χ0v) is 20.5. The van der Waals surface area contributed by atoms with E-state index in [1.165, 1.54) is 11.1 Å². The van der Waals surface area contributed by atoms with E-state index < -0.39 is 0 Å². The Morgan fingerprint density at radius 2 is 2.00 bits per heavy atom. The number of fused-ring (bicyclic) bond motifs is 1. The van der Waals surface area contributed by atoms with E-state index in [0.717, 1.165) is 55.4 Å². The highest BCUT2D eigenvalue weighted by Gasteiger charge is 2.19. The van der Waals surface area contributed by atoms with Crippen LogP contribution in [0.15, 0.2) is 62.7 Å². The van der Waals surface area contributed by atoms with Crippen molar-refractivity contribution in [2.45, 2.75) is 58.0 Å². The number of aromatic nitrogens is 1. The SMILES string of the molecule is CC(C)c1cc(CN=C(NCCc2ccco2)NC2CCc3ccccc3C2)on1.I. The molecule has 0 radical (unpaired) electrons. The largest absolute Gasteiger partial charge is 0.469 e. The molecule has 1 aliphatic rings. The van der Waals surface area contributed by atoms with Gasteiger partial charge in [0.1, 0.15) is 12.3 Å². The lowest BCUT2D eigenvalue weighted by Gasteiger charge is -2.27. The lowest BCUT2D eigenvalue weighted by Crippen LogP contribution is -2.46. The highest BCUT2D eigenvalue weighted by molar-refractivity contribution is 14.0. The maximum absolute atomic E-state index is 5.45. The maximum Gasteiger partial charge on any atom is 0.191 e. The molecule has 166 valence electrons. The number of furan rings is 1. The van der Waals surface area contributed by atoms with Gasteiger partial charge in [0.2, 0.25) is 0 Å². The fourth-order valence-corrected chi connectivity index (χ4v) is 3.76. The van der Waals surface area contributed by atoms with Crippen molar-refractivity contribution in [3.05, 3.63) is 77.1 Å². The van der Waals surface area contributed by atoms with E-state index in [4.69, 9.17) is 13.9 Å². The molecule has 0 saturated heterocycles. The lowest BCUT2D eigenvalue weighted by atomic mass is 9.88. The maximum atomic E-state index is 5.45. The molecule has 0 fully saturated rings. The minimum atomic E-state index is 0. The van der Waals surface area contributed by atoms with Crippen LogP contribution in [0.25, 0.3) is 0 Å². The van der Waals surface area contributed by atoms with Gasteiger partial charge in [-0.05, 0) is 48.4 Å². The van der Waals surface area contributed by atoms with Gasteiger partial charge >= 0.3 is 0 Å². The molecule has 1 unspecified atom stereocenters. The number of aryl methyl sites for hydroxylation is 1. The molecule has 2 N–H and O–H groups in total. The summed E-state index contributed by atoms with van der Waals surface area (Å²) in [4.78, 5) is 4.77. The zero-order chi connectivity index (χ0) is 20.8.